The second-order valence-corrected chi connectivity index (χ2v) is 9.61. The summed E-state index contributed by atoms with van der Waals surface area (Å²) in [6, 6.07) is 5.25. The van der Waals surface area contributed by atoms with E-state index in [1.165, 1.54) is 11.8 Å². The molecule has 8 heteroatoms. The number of halogens is 2. The summed E-state index contributed by atoms with van der Waals surface area (Å²) in [5.74, 6) is 0.0599. The molecule has 0 unspecified atom stereocenters. The molecule has 0 saturated carbocycles. The molecule has 152 valence electrons. The Morgan fingerprint density at radius 2 is 2.03 bits per heavy atom. The van der Waals surface area contributed by atoms with Crippen molar-refractivity contribution in [3.63, 3.8) is 0 Å². The molecule has 1 aliphatic carbocycles. The first-order valence-corrected chi connectivity index (χ1v) is 11.3. The predicted octanol–water partition coefficient (Wildman–Crippen LogP) is 5.53. The van der Waals surface area contributed by atoms with Crippen molar-refractivity contribution >= 4 is 46.6 Å². The van der Waals surface area contributed by atoms with Crippen molar-refractivity contribution < 1.29 is 4.79 Å². The molecule has 2 atom stereocenters. The Labute approximate surface area is 183 Å². The number of H-pyrrole nitrogens is 1. The van der Waals surface area contributed by atoms with Gasteiger partial charge in [0.1, 0.15) is 5.82 Å². The first kappa shape index (κ1) is 20.5. The predicted molar refractivity (Wildman–Crippen MR) is 118 cm³/mol. The molecule has 29 heavy (non-hydrogen) atoms. The minimum Gasteiger partial charge on any atom is -0.343 e. The highest BCUT2D eigenvalue weighted by Gasteiger charge is 2.38. The topological polar surface area (TPSA) is 74.8 Å². The molecule has 0 bridgehead atoms. The summed E-state index contributed by atoms with van der Waals surface area (Å²) in [7, 11) is 0. The van der Waals surface area contributed by atoms with E-state index in [4.69, 9.17) is 23.2 Å². The Morgan fingerprint density at radius 1 is 1.24 bits per heavy atom. The van der Waals surface area contributed by atoms with Crippen LogP contribution in [0.5, 0.6) is 0 Å². The fourth-order valence-electron chi connectivity index (χ4n) is 3.80. The quantitative estimate of drug-likeness (QED) is 0.473. The fourth-order valence-corrected chi connectivity index (χ4v) is 4.95. The van der Waals surface area contributed by atoms with Crippen LogP contribution >= 0.6 is 35.0 Å². The van der Waals surface area contributed by atoms with Crippen LogP contribution in [0.25, 0.3) is 0 Å². The van der Waals surface area contributed by atoms with Gasteiger partial charge in [0, 0.05) is 28.9 Å². The normalized spacial score (nSPS) is 19.4. The van der Waals surface area contributed by atoms with Gasteiger partial charge in [0.15, 0.2) is 10.9 Å². The molecule has 4 rings (SSSR count). The molecule has 1 aromatic heterocycles. The van der Waals surface area contributed by atoms with Gasteiger partial charge < -0.3 is 10.3 Å². The summed E-state index contributed by atoms with van der Waals surface area (Å²) in [6.07, 6.45) is 2.97. The number of benzene rings is 1. The van der Waals surface area contributed by atoms with Gasteiger partial charge in [0.25, 0.3) is 5.56 Å². The molecule has 0 amide bonds. The molecular weight excluding hydrogens is 429 g/mol. The zero-order chi connectivity index (χ0) is 20.7. The van der Waals surface area contributed by atoms with E-state index in [1.807, 2.05) is 6.07 Å². The number of aromatic amines is 1. The molecule has 0 saturated heterocycles. The van der Waals surface area contributed by atoms with Crippen molar-refractivity contribution in [3.8, 4) is 0 Å². The van der Waals surface area contributed by atoms with Crippen molar-refractivity contribution in [1.82, 2.24) is 9.97 Å². The van der Waals surface area contributed by atoms with Gasteiger partial charge in [-0.05, 0) is 37.0 Å². The number of hydrogen-bond acceptors (Lipinski definition) is 5. The van der Waals surface area contributed by atoms with Crippen LogP contribution in [0.1, 0.15) is 56.6 Å². The van der Waals surface area contributed by atoms with E-state index >= 15 is 0 Å². The second-order valence-electron chi connectivity index (χ2n) is 7.37. The highest BCUT2D eigenvalue weighted by Crippen LogP contribution is 2.44. The van der Waals surface area contributed by atoms with Gasteiger partial charge in [0.2, 0.25) is 0 Å². The minimum absolute atomic E-state index is 0.0536. The average molecular weight is 450 g/mol. The van der Waals surface area contributed by atoms with Gasteiger partial charge in [-0.15, -0.1) is 0 Å². The number of allylic oxidation sites excluding steroid dienone is 2. The van der Waals surface area contributed by atoms with Crippen molar-refractivity contribution in [1.29, 1.82) is 0 Å². The van der Waals surface area contributed by atoms with E-state index in [9.17, 15) is 9.59 Å². The van der Waals surface area contributed by atoms with Crippen LogP contribution in [0.3, 0.4) is 0 Å². The van der Waals surface area contributed by atoms with Gasteiger partial charge in [-0.3, -0.25) is 9.59 Å². The molecule has 0 spiro atoms. The van der Waals surface area contributed by atoms with Crippen LogP contribution in [0, 0.1) is 0 Å². The monoisotopic (exact) mass is 449 g/mol. The number of carbonyl (C=O) groups excluding carboxylic acids is 1. The molecule has 1 aromatic carbocycles. The SMILES string of the molecule is CC[C@H](C)Sc1nc2c(c(=O)[nH]1)[C@H](c1ccc(Cl)c(Cl)c1)C1=C(CCCC1=O)N2. The van der Waals surface area contributed by atoms with Crippen LogP contribution in [0.15, 0.2) is 39.4 Å². The highest BCUT2D eigenvalue weighted by molar-refractivity contribution is 7.99. The fraction of sp³-hybridized carbons (Fsp3) is 0.381. The van der Waals surface area contributed by atoms with Crippen LogP contribution in [0.4, 0.5) is 5.82 Å². The zero-order valence-electron chi connectivity index (χ0n) is 16.1. The Hall–Kier alpha value is -1.76. The number of hydrogen-bond donors (Lipinski definition) is 2. The summed E-state index contributed by atoms with van der Waals surface area (Å²) >= 11 is 13.9. The maximum absolute atomic E-state index is 13.1. The number of rotatable bonds is 4. The lowest BCUT2D eigenvalue weighted by Crippen LogP contribution is -2.32. The first-order valence-electron chi connectivity index (χ1n) is 9.68. The van der Waals surface area contributed by atoms with Crippen LogP contribution < -0.4 is 10.9 Å². The van der Waals surface area contributed by atoms with E-state index in [2.05, 4.69) is 29.1 Å². The third-order valence-electron chi connectivity index (χ3n) is 5.40. The second kappa shape index (κ2) is 8.17. The molecule has 2 aliphatic rings. The number of fused-ring (bicyclic) bond motifs is 1. The van der Waals surface area contributed by atoms with E-state index in [1.54, 1.807) is 12.1 Å². The molecule has 5 nitrogen and oxygen atoms in total. The number of Topliss-reactive ketones (excluding diaryl/α,β-unsaturated/α-hetero) is 1. The van der Waals surface area contributed by atoms with Gasteiger partial charge in [-0.2, -0.15) is 0 Å². The summed E-state index contributed by atoms with van der Waals surface area (Å²) in [4.78, 5) is 33.6. The maximum atomic E-state index is 13.1. The largest absolute Gasteiger partial charge is 0.343 e. The molecule has 0 fully saturated rings. The number of ketones is 1. The number of carbonyl (C=O) groups is 1. The van der Waals surface area contributed by atoms with Crippen molar-refractivity contribution in [2.45, 2.75) is 55.9 Å². The van der Waals surface area contributed by atoms with E-state index in [0.717, 1.165) is 30.5 Å². The van der Waals surface area contributed by atoms with Crippen LogP contribution in [-0.2, 0) is 4.79 Å². The summed E-state index contributed by atoms with van der Waals surface area (Å²) in [5, 5.41) is 5.01. The number of anilines is 1. The average Bonchev–Trinajstić information content (AvgIpc) is 2.68. The third-order valence-corrected chi connectivity index (χ3v) is 7.29. The van der Waals surface area contributed by atoms with Gasteiger partial charge in [-0.1, -0.05) is 54.9 Å². The molecule has 2 aromatic rings. The Morgan fingerprint density at radius 3 is 2.76 bits per heavy atom. The summed E-state index contributed by atoms with van der Waals surface area (Å²) in [5.41, 5.74) is 2.46. The molecule has 2 N–H and O–H groups in total. The lowest BCUT2D eigenvalue weighted by atomic mass is 9.76. The van der Waals surface area contributed by atoms with Gasteiger partial charge in [0.05, 0.1) is 15.6 Å². The number of thioether (sulfide) groups is 1. The van der Waals surface area contributed by atoms with Crippen molar-refractivity contribution in [2.75, 3.05) is 5.32 Å². The van der Waals surface area contributed by atoms with Crippen molar-refractivity contribution in [3.05, 3.63) is 61.0 Å². The summed E-state index contributed by atoms with van der Waals surface area (Å²) < 4.78 is 0. The maximum Gasteiger partial charge on any atom is 0.257 e. The Kier molecular flexibility index (Phi) is 5.78. The van der Waals surface area contributed by atoms with E-state index in [0.29, 0.717) is 43.8 Å². The minimum atomic E-state index is -0.511. The zero-order valence-corrected chi connectivity index (χ0v) is 18.5. The Balaban J connectivity index is 1.90. The van der Waals surface area contributed by atoms with Crippen molar-refractivity contribution in [2.24, 2.45) is 0 Å². The lowest BCUT2D eigenvalue weighted by molar-refractivity contribution is -0.116. The van der Waals surface area contributed by atoms with Gasteiger partial charge in [-0.25, -0.2) is 4.98 Å². The van der Waals surface area contributed by atoms with Crippen LogP contribution in [-0.4, -0.2) is 21.0 Å². The van der Waals surface area contributed by atoms with E-state index < -0.39 is 5.92 Å². The highest BCUT2D eigenvalue weighted by atomic mass is 35.5. The smallest absolute Gasteiger partial charge is 0.257 e. The standard InChI is InChI=1S/C21H21Cl2N3O2S/c1-3-10(2)29-21-25-19-18(20(28)26-21)16(11-7-8-12(22)13(23)9-11)17-14(24-19)5-4-6-15(17)27/h7-10,16H,3-6H2,1-2H3,(H2,24,25,26,28)/t10-,16+/m0/s1. The number of nitrogens with zero attached hydrogens (tertiary/aromatic N) is 1. The third kappa shape index (κ3) is 3.86. The molecule has 1 aliphatic heterocycles. The Bertz CT molecular complexity index is 1080. The first-order chi connectivity index (χ1) is 13.9. The van der Waals surface area contributed by atoms with Crippen LogP contribution in [0.2, 0.25) is 10.0 Å². The molecular formula is C21H21Cl2N3O2S. The number of aromatic nitrogens is 2. The molecule has 2 heterocycles. The summed E-state index contributed by atoms with van der Waals surface area (Å²) in [6.45, 7) is 4.19. The molecule has 0 radical (unpaired) electrons. The van der Waals surface area contributed by atoms with Gasteiger partial charge >= 0.3 is 0 Å². The number of nitrogens with one attached hydrogen (secondary N) is 2. The van der Waals surface area contributed by atoms with E-state index in [-0.39, 0.29) is 11.3 Å². The lowest BCUT2D eigenvalue weighted by Gasteiger charge is -2.33.